The van der Waals surface area contributed by atoms with Crippen LogP contribution in [0.5, 0.6) is 0 Å². The fourth-order valence-corrected chi connectivity index (χ4v) is 2.56. The van der Waals surface area contributed by atoms with E-state index in [1.54, 1.807) is 11.3 Å². The lowest BCUT2D eigenvalue weighted by Gasteiger charge is -2.16. The lowest BCUT2D eigenvalue weighted by molar-refractivity contribution is 0.321. The van der Waals surface area contributed by atoms with Crippen LogP contribution in [0, 0.1) is 6.92 Å². The van der Waals surface area contributed by atoms with Crippen molar-refractivity contribution in [3.05, 3.63) is 46.5 Å². The highest BCUT2D eigenvalue weighted by molar-refractivity contribution is 7.15. The summed E-state index contributed by atoms with van der Waals surface area (Å²) in [5.41, 5.74) is 8.32. The number of aromatic nitrogens is 1. The first-order chi connectivity index (χ1) is 8.15. The van der Waals surface area contributed by atoms with Crippen LogP contribution < -0.4 is 5.73 Å². The first kappa shape index (κ1) is 12.1. The van der Waals surface area contributed by atoms with Crippen molar-refractivity contribution >= 4 is 16.5 Å². The molecule has 0 atom stereocenters. The molecule has 17 heavy (non-hydrogen) atoms. The highest BCUT2D eigenvalue weighted by Crippen LogP contribution is 2.17. The van der Waals surface area contributed by atoms with E-state index in [1.165, 1.54) is 16.0 Å². The van der Waals surface area contributed by atoms with Gasteiger partial charge in [0.15, 0.2) is 5.13 Å². The van der Waals surface area contributed by atoms with Crippen LogP contribution in [-0.4, -0.2) is 16.9 Å². The van der Waals surface area contributed by atoms with Crippen molar-refractivity contribution < 1.29 is 0 Å². The summed E-state index contributed by atoms with van der Waals surface area (Å²) in [4.78, 5) is 7.54. The molecule has 0 spiro atoms. The molecule has 1 aromatic heterocycles. The van der Waals surface area contributed by atoms with Crippen molar-refractivity contribution in [1.29, 1.82) is 0 Å². The molecule has 3 nitrogen and oxygen atoms in total. The Morgan fingerprint density at radius 3 is 2.71 bits per heavy atom. The van der Waals surface area contributed by atoms with E-state index >= 15 is 0 Å². The van der Waals surface area contributed by atoms with Crippen LogP contribution in [-0.2, 0) is 13.1 Å². The third-order valence-corrected chi connectivity index (χ3v) is 3.51. The van der Waals surface area contributed by atoms with Gasteiger partial charge in [0.1, 0.15) is 0 Å². The Balaban J connectivity index is 1.98. The molecular weight excluding hydrogens is 230 g/mol. The monoisotopic (exact) mass is 247 g/mol. The van der Waals surface area contributed by atoms with E-state index in [-0.39, 0.29) is 0 Å². The van der Waals surface area contributed by atoms with Crippen molar-refractivity contribution in [2.75, 3.05) is 12.8 Å². The Hall–Kier alpha value is -1.39. The molecule has 90 valence electrons. The normalized spacial score (nSPS) is 11.0. The predicted molar refractivity (Wildman–Crippen MR) is 72.9 cm³/mol. The van der Waals surface area contributed by atoms with Gasteiger partial charge in [0, 0.05) is 24.2 Å². The minimum absolute atomic E-state index is 0.643. The minimum Gasteiger partial charge on any atom is -0.375 e. The molecule has 0 unspecified atom stereocenters. The van der Waals surface area contributed by atoms with Crippen LogP contribution in [0.25, 0.3) is 0 Å². The lowest BCUT2D eigenvalue weighted by Crippen LogP contribution is -2.17. The van der Waals surface area contributed by atoms with Gasteiger partial charge in [-0.3, -0.25) is 4.90 Å². The second kappa shape index (κ2) is 5.29. The number of rotatable bonds is 4. The summed E-state index contributed by atoms with van der Waals surface area (Å²) >= 11 is 1.56. The van der Waals surface area contributed by atoms with Crippen LogP contribution in [0.3, 0.4) is 0 Å². The Labute approximate surface area is 106 Å². The summed E-state index contributed by atoms with van der Waals surface area (Å²) in [7, 11) is 2.11. The molecule has 0 radical (unpaired) electrons. The number of hydrogen-bond donors (Lipinski definition) is 1. The Kier molecular flexibility index (Phi) is 3.76. The molecule has 0 amide bonds. The summed E-state index contributed by atoms with van der Waals surface area (Å²) in [6.45, 7) is 3.99. The number of nitrogens with zero attached hydrogens (tertiary/aromatic N) is 2. The van der Waals surface area contributed by atoms with Crippen LogP contribution in [0.15, 0.2) is 30.5 Å². The molecule has 2 rings (SSSR count). The highest BCUT2D eigenvalue weighted by atomic mass is 32.1. The van der Waals surface area contributed by atoms with Gasteiger partial charge in [-0.15, -0.1) is 11.3 Å². The minimum atomic E-state index is 0.643. The molecule has 0 aliphatic rings. The van der Waals surface area contributed by atoms with Gasteiger partial charge < -0.3 is 5.73 Å². The number of hydrogen-bond acceptors (Lipinski definition) is 4. The lowest BCUT2D eigenvalue weighted by atomic mass is 10.1. The van der Waals surface area contributed by atoms with Crippen molar-refractivity contribution in [3.63, 3.8) is 0 Å². The zero-order chi connectivity index (χ0) is 12.3. The Morgan fingerprint density at radius 2 is 2.06 bits per heavy atom. The molecule has 2 N–H and O–H groups in total. The molecule has 4 heteroatoms. The maximum atomic E-state index is 5.62. The van der Waals surface area contributed by atoms with E-state index in [2.05, 4.69) is 48.1 Å². The van der Waals surface area contributed by atoms with Crippen LogP contribution in [0.2, 0.25) is 0 Å². The Morgan fingerprint density at radius 1 is 1.29 bits per heavy atom. The summed E-state index contributed by atoms with van der Waals surface area (Å²) < 4.78 is 0. The number of aryl methyl sites for hydroxylation is 1. The average molecular weight is 247 g/mol. The van der Waals surface area contributed by atoms with Gasteiger partial charge in [-0.25, -0.2) is 4.98 Å². The first-order valence-electron chi connectivity index (χ1n) is 5.58. The van der Waals surface area contributed by atoms with Gasteiger partial charge in [0.05, 0.1) is 0 Å². The molecular formula is C13H17N3S. The molecule has 1 aromatic carbocycles. The third-order valence-electron chi connectivity index (χ3n) is 2.70. The van der Waals surface area contributed by atoms with Crippen molar-refractivity contribution in [3.8, 4) is 0 Å². The third kappa shape index (κ3) is 3.28. The van der Waals surface area contributed by atoms with Gasteiger partial charge in [0.2, 0.25) is 0 Å². The fraction of sp³-hybridized carbons (Fsp3) is 0.308. The van der Waals surface area contributed by atoms with Gasteiger partial charge in [0.25, 0.3) is 0 Å². The Bertz CT molecular complexity index is 493. The van der Waals surface area contributed by atoms with Crippen molar-refractivity contribution in [1.82, 2.24) is 9.88 Å². The maximum Gasteiger partial charge on any atom is 0.180 e. The summed E-state index contributed by atoms with van der Waals surface area (Å²) in [6.07, 6.45) is 1.86. The topological polar surface area (TPSA) is 42.2 Å². The van der Waals surface area contributed by atoms with E-state index < -0.39 is 0 Å². The summed E-state index contributed by atoms with van der Waals surface area (Å²) in [5.74, 6) is 0. The highest BCUT2D eigenvalue weighted by Gasteiger charge is 2.05. The number of nitrogens with two attached hydrogens (primary N) is 1. The second-order valence-electron chi connectivity index (χ2n) is 4.26. The smallest absolute Gasteiger partial charge is 0.180 e. The number of nitrogen functional groups attached to an aromatic ring is 1. The standard InChI is InChI=1S/C13H17N3S/c1-10-5-3-4-6-11(10)8-16(2)9-12-7-15-13(14)17-12/h3-7H,8-9H2,1-2H3,(H2,14,15). The molecule has 0 fully saturated rings. The molecule has 0 saturated carbocycles. The first-order valence-corrected chi connectivity index (χ1v) is 6.40. The molecule has 2 aromatic rings. The van der Waals surface area contributed by atoms with Crippen LogP contribution in [0.1, 0.15) is 16.0 Å². The van der Waals surface area contributed by atoms with Crippen LogP contribution in [0.4, 0.5) is 5.13 Å². The quantitative estimate of drug-likeness (QED) is 0.903. The van der Waals surface area contributed by atoms with E-state index in [9.17, 15) is 0 Å². The molecule has 0 saturated heterocycles. The zero-order valence-corrected chi connectivity index (χ0v) is 11.0. The average Bonchev–Trinajstić information content (AvgIpc) is 2.67. The zero-order valence-electron chi connectivity index (χ0n) is 10.2. The number of thiazole rings is 1. The van der Waals surface area contributed by atoms with E-state index in [4.69, 9.17) is 5.73 Å². The molecule has 1 heterocycles. The summed E-state index contributed by atoms with van der Waals surface area (Å²) in [5, 5.41) is 0.643. The van der Waals surface area contributed by atoms with E-state index in [0.29, 0.717) is 5.13 Å². The number of benzene rings is 1. The van der Waals surface area contributed by atoms with Crippen molar-refractivity contribution in [2.24, 2.45) is 0 Å². The second-order valence-corrected chi connectivity index (χ2v) is 5.41. The van der Waals surface area contributed by atoms with E-state index in [0.717, 1.165) is 13.1 Å². The number of anilines is 1. The van der Waals surface area contributed by atoms with Gasteiger partial charge in [-0.2, -0.15) is 0 Å². The van der Waals surface area contributed by atoms with Crippen LogP contribution >= 0.6 is 11.3 Å². The SMILES string of the molecule is Cc1ccccc1CN(C)Cc1cnc(N)s1. The van der Waals surface area contributed by atoms with Crippen molar-refractivity contribution in [2.45, 2.75) is 20.0 Å². The largest absolute Gasteiger partial charge is 0.375 e. The van der Waals surface area contributed by atoms with Gasteiger partial charge in [-0.1, -0.05) is 24.3 Å². The molecule has 0 aliphatic heterocycles. The van der Waals surface area contributed by atoms with Gasteiger partial charge >= 0.3 is 0 Å². The van der Waals surface area contributed by atoms with E-state index in [1.807, 2.05) is 6.20 Å². The predicted octanol–water partition coefficient (Wildman–Crippen LogP) is 2.67. The maximum absolute atomic E-state index is 5.62. The van der Waals surface area contributed by atoms with Gasteiger partial charge in [-0.05, 0) is 25.1 Å². The molecule has 0 bridgehead atoms. The molecule has 0 aliphatic carbocycles. The summed E-state index contributed by atoms with van der Waals surface area (Å²) in [6, 6.07) is 8.48. The fourth-order valence-electron chi connectivity index (χ4n) is 1.80.